The molecule has 20 heavy (non-hydrogen) atoms. The van der Waals surface area contributed by atoms with Gasteiger partial charge in [-0.05, 0) is 43.6 Å². The van der Waals surface area contributed by atoms with Crippen LogP contribution in [0, 0.1) is 0 Å². The van der Waals surface area contributed by atoms with E-state index in [2.05, 4.69) is 25.7 Å². The number of piperidine rings is 1. The van der Waals surface area contributed by atoms with E-state index in [0.29, 0.717) is 17.3 Å². The Hall–Kier alpha value is -0.480. The molecular weight excluding hydrogens is 270 g/mol. The van der Waals surface area contributed by atoms with E-state index in [9.17, 15) is 4.79 Å². The number of carbonyl (C=O) groups excluding carboxylic acids is 1. The Morgan fingerprint density at radius 3 is 2.95 bits per heavy atom. The number of carbonyl (C=O) groups is 1. The molecule has 4 aliphatic rings. The van der Waals surface area contributed by atoms with E-state index in [4.69, 9.17) is 4.74 Å². The maximum Gasteiger partial charge on any atom is 0.331 e. The van der Waals surface area contributed by atoms with Crippen molar-refractivity contribution in [2.45, 2.75) is 74.1 Å². The van der Waals surface area contributed by atoms with Gasteiger partial charge in [-0.15, -0.1) is 11.8 Å². The summed E-state index contributed by atoms with van der Waals surface area (Å²) in [5.41, 5.74) is 0.982. The van der Waals surface area contributed by atoms with Crippen LogP contribution >= 0.6 is 11.8 Å². The van der Waals surface area contributed by atoms with Crippen LogP contribution in [0.4, 0.5) is 0 Å². The third kappa shape index (κ3) is 1.31. The van der Waals surface area contributed by atoms with Gasteiger partial charge in [0, 0.05) is 12.1 Å². The van der Waals surface area contributed by atoms with Crippen LogP contribution < -0.4 is 0 Å². The minimum absolute atomic E-state index is 0.0914. The van der Waals surface area contributed by atoms with E-state index in [0.717, 1.165) is 6.42 Å². The smallest absolute Gasteiger partial charge is 0.331 e. The summed E-state index contributed by atoms with van der Waals surface area (Å²) in [6.45, 7) is 8.04. The zero-order chi connectivity index (χ0) is 14.1. The van der Waals surface area contributed by atoms with E-state index >= 15 is 0 Å². The highest BCUT2D eigenvalue weighted by atomic mass is 32.2. The second-order valence-corrected chi connectivity index (χ2v) is 8.89. The minimum atomic E-state index is -0.293. The van der Waals surface area contributed by atoms with E-state index < -0.39 is 0 Å². The lowest BCUT2D eigenvalue weighted by atomic mass is 9.61. The molecule has 0 bridgehead atoms. The van der Waals surface area contributed by atoms with Crippen molar-refractivity contribution in [3.8, 4) is 0 Å². The van der Waals surface area contributed by atoms with Crippen molar-refractivity contribution in [3.63, 3.8) is 0 Å². The molecule has 0 amide bonds. The van der Waals surface area contributed by atoms with Gasteiger partial charge in [0.15, 0.2) is 5.60 Å². The average Bonchev–Trinajstić information content (AvgIpc) is 2.74. The van der Waals surface area contributed by atoms with Crippen LogP contribution in [0.25, 0.3) is 0 Å². The van der Waals surface area contributed by atoms with Gasteiger partial charge < -0.3 is 4.74 Å². The van der Waals surface area contributed by atoms with Crippen LogP contribution in [0.1, 0.15) is 46.5 Å². The Balaban J connectivity index is 1.81. The maximum absolute atomic E-state index is 11.9. The van der Waals surface area contributed by atoms with Crippen LogP contribution in [0.3, 0.4) is 0 Å². The number of esters is 1. The van der Waals surface area contributed by atoms with Crippen molar-refractivity contribution in [2.24, 2.45) is 0 Å². The first-order valence-electron chi connectivity index (χ1n) is 7.89. The first-order valence-corrected chi connectivity index (χ1v) is 8.77. The lowest BCUT2D eigenvalue weighted by molar-refractivity contribution is -0.154. The van der Waals surface area contributed by atoms with Crippen LogP contribution in [-0.2, 0) is 9.53 Å². The molecular formula is C16H23NO2S. The normalized spacial score (nSPS) is 46.4. The molecule has 0 aromatic heterocycles. The summed E-state index contributed by atoms with van der Waals surface area (Å²) < 4.78 is 6.11. The second kappa shape index (κ2) is 4.04. The van der Waals surface area contributed by atoms with Crippen LogP contribution in [0.5, 0.6) is 0 Å². The molecule has 3 heterocycles. The Bertz CT molecular complexity index is 503. The standard InChI is InChI=1S/C16H23NO2S/c1-10(2)20-15-9-12-8-14(18)19-16(12,15)13-6-4-5-7-17(13)11(15)3/h8,10-11,13H,4-7,9H2,1-3H3/t11-,13+,15?,16-/m0/s1. The maximum atomic E-state index is 11.9. The molecule has 110 valence electrons. The first kappa shape index (κ1) is 13.2. The summed E-state index contributed by atoms with van der Waals surface area (Å²) in [6, 6.07) is 0.923. The number of thioether (sulfide) groups is 1. The topological polar surface area (TPSA) is 29.5 Å². The zero-order valence-corrected chi connectivity index (χ0v) is 13.3. The Morgan fingerprint density at radius 2 is 2.25 bits per heavy atom. The van der Waals surface area contributed by atoms with Gasteiger partial charge in [-0.3, -0.25) is 4.90 Å². The Labute approximate surface area is 125 Å². The van der Waals surface area contributed by atoms with Crippen molar-refractivity contribution < 1.29 is 9.53 Å². The number of ether oxygens (including phenoxy) is 1. The van der Waals surface area contributed by atoms with Gasteiger partial charge in [0.25, 0.3) is 0 Å². The van der Waals surface area contributed by atoms with E-state index in [-0.39, 0.29) is 16.3 Å². The number of hydrogen-bond acceptors (Lipinski definition) is 4. The van der Waals surface area contributed by atoms with Gasteiger partial charge in [-0.25, -0.2) is 4.79 Å². The predicted molar refractivity (Wildman–Crippen MR) is 80.8 cm³/mol. The monoisotopic (exact) mass is 293 g/mol. The summed E-state index contributed by atoms with van der Waals surface area (Å²) in [5.74, 6) is -0.106. The molecule has 0 aromatic carbocycles. The van der Waals surface area contributed by atoms with Crippen molar-refractivity contribution in [2.75, 3.05) is 6.54 Å². The molecule has 0 aromatic rings. The van der Waals surface area contributed by atoms with Gasteiger partial charge in [-0.1, -0.05) is 20.3 Å². The SMILES string of the molecule is CC(C)SC12CC3=CC(=O)O[C@]31[C@H]1CCCCN1[C@H]2C. The molecule has 0 N–H and O–H groups in total. The fourth-order valence-electron chi connectivity index (χ4n) is 5.14. The van der Waals surface area contributed by atoms with Gasteiger partial charge in [0.05, 0.1) is 10.8 Å². The summed E-state index contributed by atoms with van der Waals surface area (Å²) in [6.07, 6.45) is 6.55. The molecule has 3 fully saturated rings. The first-order chi connectivity index (χ1) is 9.51. The van der Waals surface area contributed by atoms with Crippen LogP contribution in [0.2, 0.25) is 0 Å². The molecule has 4 heteroatoms. The van der Waals surface area contributed by atoms with Crippen molar-refractivity contribution in [1.82, 2.24) is 4.90 Å². The molecule has 4 atom stereocenters. The second-order valence-electron chi connectivity index (χ2n) is 6.98. The highest BCUT2D eigenvalue weighted by Gasteiger charge is 2.79. The summed E-state index contributed by atoms with van der Waals surface area (Å²) in [5, 5.41) is 0.566. The van der Waals surface area contributed by atoms with E-state index in [1.807, 2.05) is 11.8 Å². The number of rotatable bonds is 2. The Kier molecular flexibility index (Phi) is 2.67. The molecule has 1 unspecified atom stereocenters. The van der Waals surface area contributed by atoms with E-state index in [1.165, 1.54) is 31.4 Å². The molecule has 1 spiro atoms. The zero-order valence-electron chi connectivity index (χ0n) is 12.5. The fourth-order valence-corrected chi connectivity index (χ4v) is 7.04. The molecule has 1 aliphatic carbocycles. The lowest BCUT2D eigenvalue weighted by Crippen LogP contribution is -2.66. The van der Waals surface area contributed by atoms with Gasteiger partial charge in [0.2, 0.25) is 0 Å². The minimum Gasteiger partial charge on any atom is -0.448 e. The largest absolute Gasteiger partial charge is 0.448 e. The lowest BCUT2D eigenvalue weighted by Gasteiger charge is -2.56. The molecule has 2 saturated heterocycles. The molecule has 3 nitrogen and oxygen atoms in total. The average molecular weight is 293 g/mol. The number of nitrogens with zero attached hydrogens (tertiary/aromatic N) is 1. The highest BCUT2D eigenvalue weighted by molar-refractivity contribution is 8.01. The Morgan fingerprint density at radius 1 is 1.45 bits per heavy atom. The highest BCUT2D eigenvalue weighted by Crippen LogP contribution is 2.69. The van der Waals surface area contributed by atoms with Crippen LogP contribution in [0.15, 0.2) is 11.6 Å². The van der Waals surface area contributed by atoms with Gasteiger partial charge >= 0.3 is 5.97 Å². The third-order valence-electron chi connectivity index (χ3n) is 5.74. The summed E-state index contributed by atoms with van der Waals surface area (Å²) in [4.78, 5) is 14.6. The van der Waals surface area contributed by atoms with Gasteiger partial charge in [0.1, 0.15) is 0 Å². The molecule has 0 radical (unpaired) electrons. The van der Waals surface area contributed by atoms with Crippen molar-refractivity contribution in [1.29, 1.82) is 0 Å². The predicted octanol–water partition coefficient (Wildman–Crippen LogP) is 2.75. The molecule has 3 aliphatic heterocycles. The van der Waals surface area contributed by atoms with Crippen LogP contribution in [-0.4, -0.2) is 45.1 Å². The van der Waals surface area contributed by atoms with E-state index in [1.54, 1.807) is 6.08 Å². The van der Waals surface area contributed by atoms with Gasteiger partial charge in [-0.2, -0.15) is 0 Å². The quantitative estimate of drug-likeness (QED) is 0.732. The van der Waals surface area contributed by atoms with Crippen molar-refractivity contribution in [3.05, 3.63) is 11.6 Å². The number of fused-ring (bicyclic) bond motifs is 1. The molecule has 1 saturated carbocycles. The third-order valence-corrected chi connectivity index (χ3v) is 7.42. The molecule has 4 rings (SSSR count). The summed E-state index contributed by atoms with van der Waals surface area (Å²) in [7, 11) is 0. The fraction of sp³-hybridized carbons (Fsp3) is 0.812. The van der Waals surface area contributed by atoms with Crippen molar-refractivity contribution >= 4 is 17.7 Å². The summed E-state index contributed by atoms with van der Waals surface area (Å²) >= 11 is 2.04. The number of hydrogen-bond donors (Lipinski definition) is 0.